The van der Waals surface area contributed by atoms with Crippen LogP contribution in [0.3, 0.4) is 0 Å². The van der Waals surface area contributed by atoms with Crippen molar-refractivity contribution in [1.82, 2.24) is 9.80 Å². The van der Waals surface area contributed by atoms with Crippen molar-refractivity contribution in [1.29, 1.82) is 0 Å². The SMILES string of the molecule is CC(=O)CCc1ccc(OC(C)C(=O)N2CCCC(C(=O)N(C)C)C2)cc1. The fraction of sp³-hybridized carbons (Fsp3) is 0.571. The molecule has 1 aliphatic rings. The molecule has 1 heterocycles. The Morgan fingerprint density at radius 1 is 1.22 bits per heavy atom. The number of nitrogens with zero attached hydrogens (tertiary/aromatic N) is 2. The van der Waals surface area contributed by atoms with Gasteiger partial charge in [0.1, 0.15) is 11.5 Å². The Balaban J connectivity index is 1.91. The maximum Gasteiger partial charge on any atom is 0.263 e. The highest BCUT2D eigenvalue weighted by Crippen LogP contribution is 2.21. The molecule has 2 unspecified atom stereocenters. The third-order valence-corrected chi connectivity index (χ3v) is 4.87. The third kappa shape index (κ3) is 6.08. The Morgan fingerprint density at radius 2 is 1.89 bits per heavy atom. The van der Waals surface area contributed by atoms with Crippen LogP contribution in [-0.2, 0) is 20.8 Å². The van der Waals surface area contributed by atoms with E-state index in [1.165, 1.54) is 0 Å². The van der Waals surface area contributed by atoms with Crippen LogP contribution in [-0.4, -0.2) is 60.7 Å². The van der Waals surface area contributed by atoms with Crippen LogP contribution in [0.5, 0.6) is 5.75 Å². The predicted molar refractivity (Wildman–Crippen MR) is 104 cm³/mol. The van der Waals surface area contributed by atoms with E-state index in [0.29, 0.717) is 31.7 Å². The number of ether oxygens (including phenoxy) is 1. The maximum atomic E-state index is 12.7. The van der Waals surface area contributed by atoms with Crippen LogP contribution in [0.25, 0.3) is 0 Å². The molecule has 0 radical (unpaired) electrons. The molecule has 148 valence electrons. The van der Waals surface area contributed by atoms with Gasteiger partial charge in [-0.25, -0.2) is 0 Å². The topological polar surface area (TPSA) is 66.9 Å². The largest absolute Gasteiger partial charge is 0.481 e. The molecular formula is C21H30N2O4. The van der Waals surface area contributed by atoms with Gasteiger partial charge in [-0.2, -0.15) is 0 Å². The summed E-state index contributed by atoms with van der Waals surface area (Å²) in [5.74, 6) is 0.641. The lowest BCUT2D eigenvalue weighted by atomic mass is 9.96. The molecule has 1 aromatic carbocycles. The molecule has 0 saturated carbocycles. The molecule has 2 atom stereocenters. The van der Waals surface area contributed by atoms with Gasteiger partial charge >= 0.3 is 0 Å². The summed E-state index contributed by atoms with van der Waals surface area (Å²) in [5, 5.41) is 0. The first-order valence-corrected chi connectivity index (χ1v) is 9.53. The highest BCUT2D eigenvalue weighted by Gasteiger charge is 2.31. The average molecular weight is 374 g/mol. The van der Waals surface area contributed by atoms with E-state index >= 15 is 0 Å². The van der Waals surface area contributed by atoms with E-state index in [4.69, 9.17) is 4.74 Å². The summed E-state index contributed by atoms with van der Waals surface area (Å²) in [4.78, 5) is 39.3. The number of hydrogen-bond donors (Lipinski definition) is 0. The van der Waals surface area contributed by atoms with Crippen molar-refractivity contribution in [3.63, 3.8) is 0 Å². The van der Waals surface area contributed by atoms with Gasteiger partial charge in [0.05, 0.1) is 5.92 Å². The number of amides is 2. The molecule has 0 aromatic heterocycles. The summed E-state index contributed by atoms with van der Waals surface area (Å²) in [7, 11) is 3.49. The first-order valence-electron chi connectivity index (χ1n) is 9.53. The van der Waals surface area contributed by atoms with Crippen LogP contribution < -0.4 is 4.74 Å². The second-order valence-corrected chi connectivity index (χ2v) is 7.46. The van der Waals surface area contributed by atoms with E-state index in [1.54, 1.807) is 37.7 Å². The zero-order valence-corrected chi connectivity index (χ0v) is 16.7. The van der Waals surface area contributed by atoms with Crippen LogP contribution >= 0.6 is 0 Å². The molecule has 27 heavy (non-hydrogen) atoms. The average Bonchev–Trinajstić information content (AvgIpc) is 2.66. The molecular weight excluding hydrogens is 344 g/mol. The van der Waals surface area contributed by atoms with Crippen molar-refractivity contribution in [3.05, 3.63) is 29.8 Å². The molecule has 2 rings (SSSR count). The van der Waals surface area contributed by atoms with Crippen LogP contribution in [0.15, 0.2) is 24.3 Å². The molecule has 0 bridgehead atoms. The Bertz CT molecular complexity index is 669. The smallest absolute Gasteiger partial charge is 0.263 e. The zero-order chi connectivity index (χ0) is 20.0. The van der Waals surface area contributed by atoms with E-state index in [9.17, 15) is 14.4 Å². The number of aryl methyl sites for hydroxylation is 1. The van der Waals surface area contributed by atoms with Crippen LogP contribution in [0.4, 0.5) is 0 Å². The lowest BCUT2D eigenvalue weighted by Crippen LogP contribution is -2.48. The Hall–Kier alpha value is -2.37. The van der Waals surface area contributed by atoms with Gasteiger partial charge in [0.25, 0.3) is 5.91 Å². The first kappa shape index (κ1) is 20.9. The number of likely N-dealkylation sites (tertiary alicyclic amines) is 1. The minimum Gasteiger partial charge on any atom is -0.481 e. The lowest BCUT2D eigenvalue weighted by Gasteiger charge is -2.34. The van der Waals surface area contributed by atoms with Gasteiger partial charge < -0.3 is 19.3 Å². The zero-order valence-electron chi connectivity index (χ0n) is 16.7. The molecule has 6 nitrogen and oxygen atoms in total. The summed E-state index contributed by atoms with van der Waals surface area (Å²) in [6, 6.07) is 7.49. The molecule has 0 N–H and O–H groups in total. The third-order valence-electron chi connectivity index (χ3n) is 4.87. The van der Waals surface area contributed by atoms with Crippen molar-refractivity contribution in [3.8, 4) is 5.75 Å². The number of rotatable bonds is 7. The van der Waals surface area contributed by atoms with E-state index in [2.05, 4.69) is 0 Å². The number of Topliss-reactive ketones (excluding diaryl/α,β-unsaturated/α-hetero) is 1. The number of carbonyl (C=O) groups excluding carboxylic acids is 3. The highest BCUT2D eigenvalue weighted by molar-refractivity contribution is 5.83. The molecule has 6 heteroatoms. The van der Waals surface area contributed by atoms with Gasteiger partial charge in [-0.3, -0.25) is 9.59 Å². The number of ketones is 1. The molecule has 1 fully saturated rings. The van der Waals surface area contributed by atoms with E-state index in [1.807, 2.05) is 24.3 Å². The standard InChI is InChI=1S/C21H30N2O4/c1-15(24)7-8-17-9-11-19(12-10-17)27-16(2)20(25)23-13-5-6-18(14-23)21(26)22(3)4/h9-12,16,18H,5-8,13-14H2,1-4H3. The van der Waals surface area contributed by atoms with Gasteiger partial charge in [-0.15, -0.1) is 0 Å². The van der Waals surface area contributed by atoms with Crippen molar-refractivity contribution in [2.45, 2.75) is 45.6 Å². The Kier molecular flexibility index (Phi) is 7.39. The minimum absolute atomic E-state index is 0.0715. The number of piperidine rings is 1. The van der Waals surface area contributed by atoms with Gasteiger partial charge in [0.15, 0.2) is 6.10 Å². The van der Waals surface area contributed by atoms with Crippen molar-refractivity contribution >= 4 is 17.6 Å². The second kappa shape index (κ2) is 9.53. The van der Waals surface area contributed by atoms with Crippen LogP contribution in [0.2, 0.25) is 0 Å². The molecule has 0 aliphatic carbocycles. The minimum atomic E-state index is -0.610. The molecule has 1 aromatic rings. The predicted octanol–water partition coefficient (Wildman–Crippen LogP) is 2.30. The summed E-state index contributed by atoms with van der Waals surface area (Å²) >= 11 is 0. The molecule has 1 aliphatic heterocycles. The van der Waals surface area contributed by atoms with E-state index in [0.717, 1.165) is 18.4 Å². The molecule has 0 spiro atoms. The van der Waals surface area contributed by atoms with Gasteiger partial charge in [-0.1, -0.05) is 12.1 Å². The van der Waals surface area contributed by atoms with Gasteiger partial charge in [-0.05, 0) is 50.8 Å². The van der Waals surface area contributed by atoms with Gasteiger partial charge in [0, 0.05) is 33.6 Å². The lowest BCUT2D eigenvalue weighted by molar-refractivity contribution is -0.143. The monoisotopic (exact) mass is 374 g/mol. The summed E-state index contributed by atoms with van der Waals surface area (Å²) in [6.45, 7) is 4.44. The first-order chi connectivity index (χ1) is 12.8. The summed E-state index contributed by atoms with van der Waals surface area (Å²) in [6.07, 6.45) is 2.27. The summed E-state index contributed by atoms with van der Waals surface area (Å²) in [5.41, 5.74) is 1.07. The fourth-order valence-electron chi connectivity index (χ4n) is 3.31. The van der Waals surface area contributed by atoms with Gasteiger partial charge in [0.2, 0.25) is 5.91 Å². The Morgan fingerprint density at radius 3 is 2.48 bits per heavy atom. The van der Waals surface area contributed by atoms with Crippen molar-refractivity contribution < 1.29 is 19.1 Å². The van der Waals surface area contributed by atoms with E-state index < -0.39 is 6.10 Å². The maximum absolute atomic E-state index is 12.7. The highest BCUT2D eigenvalue weighted by atomic mass is 16.5. The van der Waals surface area contributed by atoms with Crippen LogP contribution in [0, 0.1) is 5.92 Å². The molecule has 1 saturated heterocycles. The Labute approximate surface area is 161 Å². The quantitative estimate of drug-likeness (QED) is 0.734. The summed E-state index contributed by atoms with van der Waals surface area (Å²) < 4.78 is 5.80. The van der Waals surface area contributed by atoms with Crippen molar-refractivity contribution in [2.24, 2.45) is 5.92 Å². The molecule has 2 amide bonds. The van der Waals surface area contributed by atoms with Crippen molar-refractivity contribution in [2.75, 3.05) is 27.2 Å². The van der Waals surface area contributed by atoms with E-state index in [-0.39, 0.29) is 23.5 Å². The number of carbonyl (C=O) groups is 3. The second-order valence-electron chi connectivity index (χ2n) is 7.46. The normalized spacial score (nSPS) is 17.9. The van der Waals surface area contributed by atoms with Crippen LogP contribution in [0.1, 0.15) is 38.7 Å². The fourth-order valence-corrected chi connectivity index (χ4v) is 3.31. The number of hydrogen-bond acceptors (Lipinski definition) is 4. The number of benzene rings is 1.